The van der Waals surface area contributed by atoms with E-state index in [-0.39, 0.29) is 91.2 Å². The van der Waals surface area contributed by atoms with Crippen LogP contribution in [-0.2, 0) is 14.3 Å². The molecule has 2 bridgehead atoms. The lowest BCUT2D eigenvalue weighted by molar-refractivity contribution is -0.136. The summed E-state index contributed by atoms with van der Waals surface area (Å²) in [6, 6.07) is 12.1. The Hall–Kier alpha value is -7.56. The standard InChI is InChI=1S/C51H48F2N10O7/c1-3-32-36(52)13-10-28-6-4-7-33(40(28)32)43-42(53)44-35(21-56-43)45(61-23-29-11-12-30(24-61)57-29)60-49(59-44)70-26-51-17-16-31(62(51)22-27(2)20-51)25-69-50(68)55-19-18-54-37-9-5-8-34-41(37)48(67)63(47(34)66)38-14-15-39(64)58-46(38)65/h1,4-10,13,21,29-31,38,54,57H,2,11-12,14-20,22-26H2,(H,55,68)(H,58,64,65)/t29?,30?,31-,38?,51-/m0/s1. The molecule has 5 saturated heterocycles. The summed E-state index contributed by atoms with van der Waals surface area (Å²) in [5, 5.41) is 13.1. The monoisotopic (exact) mass is 950 g/mol. The van der Waals surface area contributed by atoms with Crippen molar-refractivity contribution in [2.24, 2.45) is 0 Å². The number of fused-ring (bicyclic) bond motifs is 6. The first-order valence-electron chi connectivity index (χ1n) is 23.5. The molecule has 5 amide bonds. The number of piperidine rings is 1. The molecule has 3 aromatic carbocycles. The number of piperazine rings is 1. The van der Waals surface area contributed by atoms with Crippen molar-refractivity contribution in [3.8, 4) is 29.6 Å². The predicted octanol–water partition coefficient (Wildman–Crippen LogP) is 4.83. The molecule has 358 valence electrons. The summed E-state index contributed by atoms with van der Waals surface area (Å²) in [6.07, 6.45) is 10.8. The number of hydrogen-bond acceptors (Lipinski definition) is 14. The van der Waals surface area contributed by atoms with E-state index in [0.717, 1.165) is 23.3 Å². The van der Waals surface area contributed by atoms with Crippen molar-refractivity contribution in [2.75, 3.05) is 56.2 Å². The van der Waals surface area contributed by atoms with Crippen molar-refractivity contribution in [1.29, 1.82) is 0 Å². The van der Waals surface area contributed by atoms with Gasteiger partial charge in [0.1, 0.15) is 42.1 Å². The number of anilines is 2. The van der Waals surface area contributed by atoms with Gasteiger partial charge in [-0.1, -0.05) is 48.4 Å². The number of halogens is 2. The molecule has 5 aromatic rings. The number of nitrogens with zero attached hydrogens (tertiary/aromatic N) is 6. The van der Waals surface area contributed by atoms with Gasteiger partial charge < -0.3 is 30.3 Å². The summed E-state index contributed by atoms with van der Waals surface area (Å²) in [5.74, 6) is -0.745. The molecule has 0 saturated carbocycles. The van der Waals surface area contributed by atoms with E-state index in [1.54, 1.807) is 42.6 Å². The molecule has 0 radical (unpaired) electrons. The smallest absolute Gasteiger partial charge is 0.407 e. The van der Waals surface area contributed by atoms with E-state index in [2.05, 4.69) is 48.6 Å². The molecular weight excluding hydrogens is 903 g/mol. The van der Waals surface area contributed by atoms with Crippen LogP contribution in [0.15, 0.2) is 66.9 Å². The quantitative estimate of drug-likeness (QED) is 0.0574. The van der Waals surface area contributed by atoms with E-state index in [1.807, 2.05) is 0 Å². The van der Waals surface area contributed by atoms with Gasteiger partial charge in [0.15, 0.2) is 5.82 Å². The molecular formula is C51H48F2N10O7. The molecule has 0 aliphatic carbocycles. The number of rotatable bonds is 12. The van der Waals surface area contributed by atoms with E-state index in [0.29, 0.717) is 72.1 Å². The molecule has 8 heterocycles. The molecule has 6 aliphatic heterocycles. The van der Waals surface area contributed by atoms with Gasteiger partial charge >= 0.3 is 12.1 Å². The normalized spacial score (nSPS) is 24.0. The van der Waals surface area contributed by atoms with Gasteiger partial charge in [-0.3, -0.25) is 39.3 Å². The molecule has 19 heteroatoms. The number of ether oxygens (including phenoxy) is 2. The molecule has 0 spiro atoms. The number of alkyl carbamates (subject to hydrolysis) is 1. The zero-order valence-corrected chi connectivity index (χ0v) is 38.0. The fourth-order valence-corrected chi connectivity index (χ4v) is 11.4. The highest BCUT2D eigenvalue weighted by atomic mass is 19.1. The summed E-state index contributed by atoms with van der Waals surface area (Å²) < 4.78 is 44.4. The Kier molecular flexibility index (Phi) is 11.4. The van der Waals surface area contributed by atoms with Crippen LogP contribution in [0.2, 0.25) is 0 Å². The Bertz CT molecular complexity index is 3110. The minimum atomic E-state index is -1.09. The summed E-state index contributed by atoms with van der Waals surface area (Å²) >= 11 is 0. The van der Waals surface area contributed by atoms with Gasteiger partial charge in [0.05, 0.1) is 27.6 Å². The number of imide groups is 2. The van der Waals surface area contributed by atoms with Crippen LogP contribution in [0.25, 0.3) is 32.9 Å². The predicted molar refractivity (Wildman–Crippen MR) is 253 cm³/mol. The van der Waals surface area contributed by atoms with Gasteiger partial charge in [-0.05, 0) is 62.1 Å². The van der Waals surface area contributed by atoms with Crippen LogP contribution >= 0.6 is 0 Å². The highest BCUT2D eigenvalue weighted by Crippen LogP contribution is 2.45. The molecule has 4 N–H and O–H groups in total. The van der Waals surface area contributed by atoms with Gasteiger partial charge in [-0.2, -0.15) is 9.97 Å². The van der Waals surface area contributed by atoms with Crippen LogP contribution in [0.1, 0.15) is 71.2 Å². The third-order valence-electron chi connectivity index (χ3n) is 14.6. The topological polar surface area (TPSA) is 200 Å². The van der Waals surface area contributed by atoms with Crippen molar-refractivity contribution >= 4 is 62.9 Å². The summed E-state index contributed by atoms with van der Waals surface area (Å²) in [4.78, 5) is 83.4. The molecule has 6 aliphatic rings. The van der Waals surface area contributed by atoms with Gasteiger partial charge in [-0.25, -0.2) is 13.6 Å². The fourth-order valence-electron chi connectivity index (χ4n) is 11.4. The van der Waals surface area contributed by atoms with Gasteiger partial charge in [0.25, 0.3) is 11.8 Å². The number of carbonyl (C=O) groups excluding carboxylic acids is 5. The molecule has 3 unspecified atom stereocenters. The second kappa shape index (κ2) is 17.8. The van der Waals surface area contributed by atoms with Crippen LogP contribution in [0.3, 0.4) is 0 Å². The summed E-state index contributed by atoms with van der Waals surface area (Å²) in [5.41, 5.74) is 1.45. The molecule has 17 nitrogen and oxygen atoms in total. The Balaban J connectivity index is 0.765. The number of amides is 5. The molecule has 2 aromatic heterocycles. The first-order chi connectivity index (χ1) is 33.9. The van der Waals surface area contributed by atoms with Crippen LogP contribution < -0.4 is 30.9 Å². The van der Waals surface area contributed by atoms with Crippen molar-refractivity contribution in [3.05, 3.63) is 95.2 Å². The Morgan fingerprint density at radius 1 is 0.971 bits per heavy atom. The third-order valence-corrected chi connectivity index (χ3v) is 14.6. The zero-order chi connectivity index (χ0) is 48.4. The molecule has 70 heavy (non-hydrogen) atoms. The van der Waals surface area contributed by atoms with E-state index >= 15 is 8.78 Å². The maximum Gasteiger partial charge on any atom is 0.407 e. The fraction of sp³-hybridized carbons (Fsp3) is 0.373. The SMILES string of the molecule is C#Cc1c(F)ccc2cccc(-c3ncc4c(N5CC6CCC(C5)N6)nc(OC[C@@]56CC[C@@H](COC(=O)NCCNc7cccc8c7C(=O)N(C7CCC(=O)NC7=O)C8=O)N5CC(=C)C6)nc4c3F)c12. The minimum Gasteiger partial charge on any atom is -0.461 e. The average Bonchev–Trinajstić information content (AvgIpc) is 4.06. The van der Waals surface area contributed by atoms with Crippen LogP contribution in [0, 0.1) is 24.0 Å². The van der Waals surface area contributed by atoms with Crippen LogP contribution in [0.5, 0.6) is 6.01 Å². The van der Waals surface area contributed by atoms with E-state index in [1.165, 1.54) is 12.1 Å². The lowest BCUT2D eigenvalue weighted by Gasteiger charge is -2.35. The lowest BCUT2D eigenvalue weighted by atomic mass is 9.94. The lowest BCUT2D eigenvalue weighted by Crippen LogP contribution is -2.54. The van der Waals surface area contributed by atoms with Crippen LogP contribution in [0.4, 0.5) is 25.1 Å². The number of terminal acetylenes is 1. The second-order valence-electron chi connectivity index (χ2n) is 18.9. The number of aromatic nitrogens is 3. The molecule has 5 fully saturated rings. The number of carbonyl (C=O) groups is 5. The van der Waals surface area contributed by atoms with Gasteiger partial charge in [0, 0.05) is 80.1 Å². The van der Waals surface area contributed by atoms with E-state index < -0.39 is 52.9 Å². The van der Waals surface area contributed by atoms with Crippen molar-refractivity contribution < 1.29 is 42.2 Å². The van der Waals surface area contributed by atoms with Crippen molar-refractivity contribution in [3.63, 3.8) is 0 Å². The van der Waals surface area contributed by atoms with E-state index in [9.17, 15) is 24.0 Å². The third kappa shape index (κ3) is 7.80. The van der Waals surface area contributed by atoms with Crippen molar-refractivity contribution in [2.45, 2.75) is 74.7 Å². The minimum absolute atomic E-state index is 0.000274. The highest BCUT2D eigenvalue weighted by Gasteiger charge is 2.52. The maximum atomic E-state index is 17.2. The van der Waals surface area contributed by atoms with Crippen molar-refractivity contribution in [1.82, 2.24) is 40.7 Å². The second-order valence-corrected chi connectivity index (χ2v) is 18.9. The Labute approximate surface area is 400 Å². The summed E-state index contributed by atoms with van der Waals surface area (Å²) in [7, 11) is 0. The highest BCUT2D eigenvalue weighted by molar-refractivity contribution is 6.25. The van der Waals surface area contributed by atoms with Gasteiger partial charge in [0.2, 0.25) is 11.8 Å². The molecule has 11 rings (SSSR count). The number of nitrogens with one attached hydrogen (secondary N) is 4. The first kappa shape index (κ1) is 44.9. The maximum absolute atomic E-state index is 17.2. The Morgan fingerprint density at radius 3 is 2.57 bits per heavy atom. The number of pyridine rings is 1. The van der Waals surface area contributed by atoms with Crippen LogP contribution in [-0.4, -0.2) is 130 Å². The Morgan fingerprint density at radius 2 is 1.77 bits per heavy atom. The largest absolute Gasteiger partial charge is 0.461 e. The summed E-state index contributed by atoms with van der Waals surface area (Å²) in [6.45, 7) is 6.75. The number of benzene rings is 3. The zero-order valence-electron chi connectivity index (χ0n) is 38.0. The average molecular weight is 951 g/mol. The van der Waals surface area contributed by atoms with Gasteiger partial charge in [-0.15, -0.1) is 6.42 Å². The number of hydrogen-bond donors (Lipinski definition) is 4. The van der Waals surface area contributed by atoms with E-state index in [4.69, 9.17) is 25.9 Å². The first-order valence-corrected chi connectivity index (χ1v) is 23.5. The molecule has 5 atom stereocenters.